The van der Waals surface area contributed by atoms with Crippen molar-refractivity contribution in [1.29, 1.82) is 0 Å². The molecule has 3 aliphatic rings. The molecule has 1 amide bonds. The van der Waals surface area contributed by atoms with Gasteiger partial charge in [-0.3, -0.25) is 9.69 Å². The fraction of sp³-hybridized carbons (Fsp3) is 0.727. The summed E-state index contributed by atoms with van der Waals surface area (Å²) >= 11 is 0. The topological polar surface area (TPSA) is 83.2 Å². The lowest BCUT2D eigenvalue weighted by molar-refractivity contribution is -0.192. The van der Waals surface area contributed by atoms with Gasteiger partial charge in [-0.15, -0.1) is 0 Å². The van der Waals surface area contributed by atoms with Gasteiger partial charge in [0, 0.05) is 32.5 Å². The van der Waals surface area contributed by atoms with E-state index >= 15 is 0 Å². The molecule has 0 radical (unpaired) electrons. The molecule has 32 heavy (non-hydrogen) atoms. The molecule has 1 aliphatic carbocycles. The first-order valence-corrected chi connectivity index (χ1v) is 11.0. The van der Waals surface area contributed by atoms with E-state index in [2.05, 4.69) is 4.90 Å². The molecule has 1 saturated carbocycles. The number of rotatable bonds is 6. The summed E-state index contributed by atoms with van der Waals surface area (Å²) in [6.07, 6.45) is 1.62. The highest BCUT2D eigenvalue weighted by Gasteiger charge is 2.48. The minimum atomic E-state index is -5.08. The van der Waals surface area contributed by atoms with Gasteiger partial charge >= 0.3 is 12.1 Å². The Morgan fingerprint density at radius 3 is 2.41 bits per heavy atom. The molecule has 2 aliphatic heterocycles. The molecule has 2 saturated heterocycles. The number of carbonyl (C=O) groups excluding carboxylic acids is 1. The first kappa shape index (κ1) is 24.6. The van der Waals surface area contributed by atoms with Crippen LogP contribution in [0.4, 0.5) is 13.2 Å². The number of halogens is 3. The molecule has 1 unspecified atom stereocenters. The van der Waals surface area contributed by atoms with Crippen molar-refractivity contribution in [3.63, 3.8) is 0 Å². The van der Waals surface area contributed by atoms with Crippen LogP contribution in [-0.4, -0.2) is 72.4 Å². The SMILES string of the molecule is CC(=O)N1CC(COCC2CC2)C2(CCN(Cc3ccco3)CC2)C1.O=C(O)C(F)(F)F. The highest BCUT2D eigenvalue weighted by molar-refractivity contribution is 5.73. The Balaban J connectivity index is 0.000000360. The second kappa shape index (κ2) is 10.2. The first-order valence-electron chi connectivity index (χ1n) is 11.0. The molecular weight excluding hydrogens is 429 g/mol. The number of ether oxygens (including phenoxy) is 1. The third-order valence-corrected chi connectivity index (χ3v) is 6.68. The van der Waals surface area contributed by atoms with Crippen molar-refractivity contribution in [1.82, 2.24) is 9.80 Å². The van der Waals surface area contributed by atoms with Gasteiger partial charge in [0.2, 0.25) is 5.91 Å². The van der Waals surface area contributed by atoms with Crippen molar-refractivity contribution in [2.45, 2.75) is 45.3 Å². The van der Waals surface area contributed by atoms with E-state index in [0.717, 1.165) is 70.5 Å². The van der Waals surface area contributed by atoms with Crippen molar-refractivity contribution in [3.8, 4) is 0 Å². The summed E-state index contributed by atoms with van der Waals surface area (Å²) < 4.78 is 43.3. The monoisotopic (exact) mass is 460 g/mol. The van der Waals surface area contributed by atoms with E-state index in [1.807, 2.05) is 17.0 Å². The van der Waals surface area contributed by atoms with E-state index in [0.29, 0.717) is 5.92 Å². The minimum Gasteiger partial charge on any atom is -0.475 e. The van der Waals surface area contributed by atoms with Gasteiger partial charge in [0.05, 0.1) is 19.4 Å². The first-order chi connectivity index (χ1) is 15.1. The minimum absolute atomic E-state index is 0.210. The quantitative estimate of drug-likeness (QED) is 0.701. The van der Waals surface area contributed by atoms with Crippen molar-refractivity contribution in [2.24, 2.45) is 17.3 Å². The molecule has 4 rings (SSSR count). The zero-order valence-corrected chi connectivity index (χ0v) is 18.3. The fourth-order valence-electron chi connectivity index (χ4n) is 4.51. The number of hydrogen-bond acceptors (Lipinski definition) is 5. The molecule has 3 heterocycles. The standard InChI is InChI=1S/C20H30N2O3.C2HF3O2/c1-16(23)22-11-18(14-24-13-17-4-5-17)20(15-22)6-8-21(9-7-20)12-19-3-2-10-25-19;3-2(4,5)1(6)7/h2-3,10,17-18H,4-9,11-15H2,1H3;(H,6,7). The molecule has 1 aromatic rings. The second-order valence-electron chi connectivity index (χ2n) is 9.10. The number of carboxylic acids is 1. The molecule has 3 fully saturated rings. The van der Waals surface area contributed by atoms with E-state index in [-0.39, 0.29) is 11.3 Å². The number of carbonyl (C=O) groups is 2. The summed E-state index contributed by atoms with van der Waals surface area (Å²) in [5, 5.41) is 7.12. The van der Waals surface area contributed by atoms with Crippen molar-refractivity contribution >= 4 is 11.9 Å². The fourth-order valence-corrected chi connectivity index (χ4v) is 4.51. The molecule has 1 N–H and O–H groups in total. The average Bonchev–Trinajstić information content (AvgIpc) is 3.27. The van der Waals surface area contributed by atoms with Gasteiger partial charge in [-0.05, 0) is 62.2 Å². The Bertz CT molecular complexity index is 756. The molecule has 0 aromatic carbocycles. The summed E-state index contributed by atoms with van der Waals surface area (Å²) in [6, 6.07) is 4.00. The van der Waals surface area contributed by atoms with Crippen LogP contribution in [0.2, 0.25) is 0 Å². The van der Waals surface area contributed by atoms with Gasteiger partial charge in [-0.2, -0.15) is 13.2 Å². The predicted octanol–water partition coefficient (Wildman–Crippen LogP) is 3.40. The normalized spacial score (nSPS) is 23.1. The number of piperidine rings is 1. The van der Waals surface area contributed by atoms with Crippen LogP contribution in [0.3, 0.4) is 0 Å². The van der Waals surface area contributed by atoms with Crippen LogP contribution in [0.25, 0.3) is 0 Å². The third-order valence-electron chi connectivity index (χ3n) is 6.68. The zero-order chi connectivity index (χ0) is 23.4. The lowest BCUT2D eigenvalue weighted by atomic mass is 9.71. The number of carboxylic acid groups (broad SMARTS) is 1. The molecule has 7 nitrogen and oxygen atoms in total. The molecule has 0 bridgehead atoms. The summed E-state index contributed by atoms with van der Waals surface area (Å²) in [6.45, 7) is 8.26. The van der Waals surface area contributed by atoms with Gasteiger partial charge in [0.1, 0.15) is 5.76 Å². The number of likely N-dealkylation sites (tertiary alicyclic amines) is 2. The van der Waals surface area contributed by atoms with Crippen LogP contribution >= 0.6 is 0 Å². The van der Waals surface area contributed by atoms with Crippen molar-refractivity contribution in [2.75, 3.05) is 39.4 Å². The van der Waals surface area contributed by atoms with Crippen LogP contribution in [0.1, 0.15) is 38.4 Å². The van der Waals surface area contributed by atoms with E-state index in [4.69, 9.17) is 19.1 Å². The molecule has 1 spiro atoms. The Kier molecular flexibility index (Phi) is 7.87. The Labute approximate surface area is 185 Å². The van der Waals surface area contributed by atoms with Crippen molar-refractivity contribution in [3.05, 3.63) is 24.2 Å². The van der Waals surface area contributed by atoms with Crippen molar-refractivity contribution < 1.29 is 37.0 Å². The molecule has 1 aromatic heterocycles. The maximum Gasteiger partial charge on any atom is 0.490 e. The maximum absolute atomic E-state index is 11.9. The second-order valence-corrected chi connectivity index (χ2v) is 9.10. The maximum atomic E-state index is 11.9. The van der Waals surface area contributed by atoms with Gasteiger partial charge < -0.3 is 19.2 Å². The smallest absolute Gasteiger partial charge is 0.475 e. The number of aliphatic carboxylic acids is 1. The number of furan rings is 1. The Morgan fingerprint density at radius 1 is 1.25 bits per heavy atom. The summed E-state index contributed by atoms with van der Waals surface area (Å²) in [4.78, 5) is 25.4. The molecule has 180 valence electrons. The number of alkyl halides is 3. The lowest BCUT2D eigenvalue weighted by Gasteiger charge is -2.42. The summed E-state index contributed by atoms with van der Waals surface area (Å²) in [7, 11) is 0. The molecule has 10 heteroatoms. The van der Waals surface area contributed by atoms with E-state index in [9.17, 15) is 18.0 Å². The lowest BCUT2D eigenvalue weighted by Crippen LogP contribution is -2.45. The highest BCUT2D eigenvalue weighted by Crippen LogP contribution is 2.45. The van der Waals surface area contributed by atoms with Crippen LogP contribution in [0.15, 0.2) is 22.8 Å². The number of amides is 1. The third kappa shape index (κ3) is 6.71. The Hall–Kier alpha value is -2.07. The number of nitrogens with zero attached hydrogens (tertiary/aromatic N) is 2. The van der Waals surface area contributed by atoms with E-state index in [1.165, 1.54) is 12.8 Å². The number of hydrogen-bond donors (Lipinski definition) is 1. The summed E-state index contributed by atoms with van der Waals surface area (Å²) in [5.74, 6) is -0.219. The summed E-state index contributed by atoms with van der Waals surface area (Å²) in [5.41, 5.74) is 0.245. The van der Waals surface area contributed by atoms with Gasteiger partial charge in [-0.1, -0.05) is 0 Å². The van der Waals surface area contributed by atoms with Crippen LogP contribution in [0.5, 0.6) is 0 Å². The highest BCUT2D eigenvalue weighted by atomic mass is 19.4. The largest absolute Gasteiger partial charge is 0.490 e. The van der Waals surface area contributed by atoms with Crippen LogP contribution in [0, 0.1) is 17.3 Å². The van der Waals surface area contributed by atoms with Gasteiger partial charge in [-0.25, -0.2) is 4.79 Å². The molecule has 1 atom stereocenters. The predicted molar refractivity (Wildman–Crippen MR) is 109 cm³/mol. The zero-order valence-electron chi connectivity index (χ0n) is 18.3. The van der Waals surface area contributed by atoms with Gasteiger partial charge in [0.15, 0.2) is 0 Å². The average molecular weight is 460 g/mol. The van der Waals surface area contributed by atoms with E-state index < -0.39 is 12.1 Å². The van der Waals surface area contributed by atoms with E-state index in [1.54, 1.807) is 13.2 Å². The van der Waals surface area contributed by atoms with Crippen LogP contribution < -0.4 is 0 Å². The molecular formula is C22H31F3N2O5. The Morgan fingerprint density at radius 2 is 1.91 bits per heavy atom. The van der Waals surface area contributed by atoms with Crippen LogP contribution in [-0.2, 0) is 20.9 Å². The van der Waals surface area contributed by atoms with Gasteiger partial charge in [0.25, 0.3) is 0 Å².